The summed E-state index contributed by atoms with van der Waals surface area (Å²) in [6.45, 7) is 3.62. The normalized spacial score (nSPS) is 15.3. The van der Waals surface area contributed by atoms with Crippen LogP contribution in [0, 0.1) is 0 Å². The first-order valence-corrected chi connectivity index (χ1v) is 17.8. The van der Waals surface area contributed by atoms with E-state index in [1.165, 1.54) is 56.3 Å². The van der Waals surface area contributed by atoms with E-state index in [2.05, 4.69) is 10.2 Å². The first-order chi connectivity index (χ1) is 23.1. The molecule has 2 heterocycles. The van der Waals surface area contributed by atoms with Gasteiger partial charge in [0.25, 0.3) is 11.8 Å². The molecule has 0 spiro atoms. The van der Waals surface area contributed by atoms with Crippen molar-refractivity contribution in [2.24, 2.45) is 0 Å². The Bertz CT molecular complexity index is 1330. The van der Waals surface area contributed by atoms with Crippen LogP contribution in [0.3, 0.4) is 0 Å². The highest BCUT2D eigenvalue weighted by Crippen LogP contribution is 2.24. The predicted molar refractivity (Wildman–Crippen MR) is 186 cm³/mol. The van der Waals surface area contributed by atoms with E-state index in [9.17, 15) is 14.4 Å². The zero-order valence-corrected chi connectivity index (χ0v) is 27.8. The van der Waals surface area contributed by atoms with E-state index in [1.54, 1.807) is 12.1 Å². The molecule has 250 valence electrons. The van der Waals surface area contributed by atoms with Crippen LogP contribution >= 0.6 is 0 Å². The Morgan fingerprint density at radius 2 is 1.04 bits per heavy atom. The fraction of sp³-hybridized carbons (Fsp3) is 0.475. The number of ether oxygens (including phenoxy) is 1. The summed E-state index contributed by atoms with van der Waals surface area (Å²) >= 11 is 0. The number of hydrogen-bond donors (Lipinski definition) is 1. The number of unbranched alkanes of at least 4 members (excludes halogenated alkanes) is 10. The second-order valence-electron chi connectivity index (χ2n) is 13.0. The first kappa shape index (κ1) is 34.4. The SMILES string of the molecule is O=C(NC(c1ccccc1)c1ccccc1)OC1CCN(CCCCCCCCCCCCCN2C(=O)c3ccccc3C2=O)CC1. The molecule has 3 amide bonds. The highest BCUT2D eigenvalue weighted by molar-refractivity contribution is 6.21. The molecule has 1 fully saturated rings. The Balaban J connectivity index is 0.843. The van der Waals surface area contributed by atoms with Gasteiger partial charge in [0.05, 0.1) is 17.2 Å². The molecule has 0 aromatic heterocycles. The minimum absolute atomic E-state index is 0.0326. The van der Waals surface area contributed by atoms with Crippen LogP contribution in [0.2, 0.25) is 0 Å². The lowest BCUT2D eigenvalue weighted by molar-refractivity contribution is 0.0492. The van der Waals surface area contributed by atoms with Gasteiger partial charge in [0.2, 0.25) is 0 Å². The third-order valence-corrected chi connectivity index (χ3v) is 9.57. The van der Waals surface area contributed by atoms with E-state index in [0.29, 0.717) is 17.7 Å². The van der Waals surface area contributed by atoms with Gasteiger partial charge in [0.15, 0.2) is 0 Å². The molecular weight excluding hydrogens is 586 g/mol. The number of imide groups is 1. The topological polar surface area (TPSA) is 79.0 Å². The summed E-state index contributed by atoms with van der Waals surface area (Å²) in [7, 11) is 0. The van der Waals surface area contributed by atoms with Crippen LogP contribution < -0.4 is 5.32 Å². The van der Waals surface area contributed by atoms with Gasteiger partial charge >= 0.3 is 6.09 Å². The quantitative estimate of drug-likeness (QED) is 0.112. The lowest BCUT2D eigenvalue weighted by Gasteiger charge is -2.32. The van der Waals surface area contributed by atoms with E-state index in [-0.39, 0.29) is 30.1 Å². The number of benzene rings is 3. The third kappa shape index (κ3) is 10.3. The average molecular weight is 638 g/mol. The van der Waals surface area contributed by atoms with Crippen LogP contribution in [0.15, 0.2) is 84.9 Å². The largest absolute Gasteiger partial charge is 0.446 e. The van der Waals surface area contributed by atoms with E-state index >= 15 is 0 Å². The minimum atomic E-state index is -0.347. The summed E-state index contributed by atoms with van der Waals surface area (Å²) in [6, 6.07) is 27.0. The molecule has 1 N–H and O–H groups in total. The van der Waals surface area contributed by atoms with Gasteiger partial charge in [-0.3, -0.25) is 14.5 Å². The van der Waals surface area contributed by atoms with Crippen LogP contribution in [0.25, 0.3) is 0 Å². The fourth-order valence-electron chi connectivity index (χ4n) is 6.84. The van der Waals surface area contributed by atoms with Gasteiger partial charge in [-0.15, -0.1) is 0 Å². The maximum absolute atomic E-state index is 12.9. The van der Waals surface area contributed by atoms with E-state index in [0.717, 1.165) is 62.9 Å². The summed E-state index contributed by atoms with van der Waals surface area (Å²) in [5, 5.41) is 3.10. The number of rotatable bonds is 18. The van der Waals surface area contributed by atoms with Crippen molar-refractivity contribution in [2.45, 2.75) is 95.6 Å². The molecule has 7 nitrogen and oxygen atoms in total. The van der Waals surface area contributed by atoms with Crippen molar-refractivity contribution < 1.29 is 19.1 Å². The number of alkyl carbamates (subject to hydrolysis) is 1. The highest BCUT2D eigenvalue weighted by Gasteiger charge is 2.34. The monoisotopic (exact) mass is 637 g/mol. The zero-order valence-electron chi connectivity index (χ0n) is 27.8. The number of nitrogens with one attached hydrogen (secondary N) is 1. The lowest BCUT2D eigenvalue weighted by atomic mass is 9.99. The number of piperidine rings is 1. The van der Waals surface area contributed by atoms with E-state index < -0.39 is 0 Å². The van der Waals surface area contributed by atoms with Crippen LogP contribution in [-0.4, -0.2) is 60.0 Å². The van der Waals surface area contributed by atoms with Crippen LogP contribution in [-0.2, 0) is 4.74 Å². The van der Waals surface area contributed by atoms with E-state index in [4.69, 9.17) is 4.74 Å². The number of fused-ring (bicyclic) bond motifs is 1. The molecule has 0 bridgehead atoms. The molecule has 1 saturated heterocycles. The second-order valence-corrected chi connectivity index (χ2v) is 13.0. The molecule has 0 saturated carbocycles. The first-order valence-electron chi connectivity index (χ1n) is 17.8. The Labute approximate surface area is 280 Å². The number of nitrogens with zero attached hydrogens (tertiary/aromatic N) is 2. The van der Waals surface area contributed by atoms with Gasteiger partial charge < -0.3 is 15.0 Å². The molecule has 2 aliphatic rings. The molecule has 0 aliphatic carbocycles. The zero-order chi connectivity index (χ0) is 32.7. The van der Waals surface area contributed by atoms with Crippen molar-refractivity contribution in [2.75, 3.05) is 26.2 Å². The van der Waals surface area contributed by atoms with Gasteiger partial charge in [0.1, 0.15) is 6.10 Å². The van der Waals surface area contributed by atoms with Crippen molar-refractivity contribution in [1.29, 1.82) is 0 Å². The number of carbonyl (C=O) groups is 3. The number of amides is 3. The molecule has 0 radical (unpaired) electrons. The maximum atomic E-state index is 12.9. The Hall–Kier alpha value is -3.97. The van der Waals surface area contributed by atoms with Crippen molar-refractivity contribution >= 4 is 17.9 Å². The number of hydrogen-bond acceptors (Lipinski definition) is 5. The average Bonchev–Trinajstić information content (AvgIpc) is 3.35. The van der Waals surface area contributed by atoms with Gasteiger partial charge in [-0.05, 0) is 55.5 Å². The second kappa shape index (κ2) is 18.4. The summed E-state index contributed by atoms with van der Waals surface area (Å²) in [5.74, 6) is -0.280. The van der Waals surface area contributed by atoms with Crippen molar-refractivity contribution in [3.8, 4) is 0 Å². The summed E-state index contributed by atoms with van der Waals surface area (Å²) in [4.78, 5) is 41.7. The Kier molecular flexibility index (Phi) is 13.4. The summed E-state index contributed by atoms with van der Waals surface area (Å²) in [6.07, 6.45) is 14.7. The lowest BCUT2D eigenvalue weighted by Crippen LogP contribution is -2.40. The van der Waals surface area contributed by atoms with Crippen molar-refractivity contribution in [3.05, 3.63) is 107 Å². The molecule has 3 aromatic rings. The van der Waals surface area contributed by atoms with Crippen molar-refractivity contribution in [1.82, 2.24) is 15.1 Å². The summed E-state index contributed by atoms with van der Waals surface area (Å²) < 4.78 is 5.87. The van der Waals surface area contributed by atoms with Gasteiger partial charge in [0, 0.05) is 19.6 Å². The fourth-order valence-corrected chi connectivity index (χ4v) is 6.84. The Morgan fingerprint density at radius 1 is 0.617 bits per heavy atom. The summed E-state index contributed by atoms with van der Waals surface area (Å²) in [5.41, 5.74) is 3.17. The van der Waals surface area contributed by atoms with Gasteiger partial charge in [-0.1, -0.05) is 131 Å². The third-order valence-electron chi connectivity index (χ3n) is 9.57. The predicted octanol–water partition coefficient (Wildman–Crippen LogP) is 8.55. The van der Waals surface area contributed by atoms with Crippen LogP contribution in [0.1, 0.15) is 121 Å². The minimum Gasteiger partial charge on any atom is -0.446 e. The number of likely N-dealkylation sites (tertiary alicyclic amines) is 1. The van der Waals surface area contributed by atoms with Gasteiger partial charge in [-0.2, -0.15) is 0 Å². The standard InChI is InChI=1S/C40H51N3O4/c44-38-35-24-16-17-25-36(35)39(45)43(38)29-19-9-7-5-3-1-2-4-6-8-18-28-42-30-26-34(27-31-42)47-40(46)41-37(32-20-12-10-13-21-32)33-22-14-11-15-23-33/h10-17,20-25,34,37H,1-9,18-19,26-31H2,(H,41,46). The van der Waals surface area contributed by atoms with Crippen LogP contribution in [0.5, 0.6) is 0 Å². The molecule has 47 heavy (non-hydrogen) atoms. The van der Waals surface area contributed by atoms with E-state index in [1.807, 2.05) is 72.8 Å². The molecule has 5 rings (SSSR count). The molecule has 0 unspecified atom stereocenters. The molecule has 7 heteroatoms. The maximum Gasteiger partial charge on any atom is 0.408 e. The Morgan fingerprint density at radius 3 is 1.53 bits per heavy atom. The molecular formula is C40H51N3O4. The highest BCUT2D eigenvalue weighted by atomic mass is 16.6. The number of carbonyl (C=O) groups excluding carboxylic acids is 3. The van der Waals surface area contributed by atoms with Gasteiger partial charge in [-0.25, -0.2) is 4.79 Å². The molecule has 3 aromatic carbocycles. The molecule has 2 aliphatic heterocycles. The van der Waals surface area contributed by atoms with Crippen molar-refractivity contribution in [3.63, 3.8) is 0 Å². The molecule has 0 atom stereocenters. The van der Waals surface area contributed by atoms with Crippen LogP contribution in [0.4, 0.5) is 4.79 Å². The smallest absolute Gasteiger partial charge is 0.408 e.